The second-order valence-corrected chi connectivity index (χ2v) is 4.22. The molecule has 0 bridgehead atoms. The van der Waals surface area contributed by atoms with Gasteiger partial charge in [0.25, 0.3) is 0 Å². The average molecular weight is 186 g/mol. The standard InChI is InChI=1S/C12H14N2/c13-11-6-8(11)5-9-7-14-12-4-2-1-3-10(9)12/h1-4,7-8,11,14H,5-6,13H2/t8-,11-/m1/s1. The van der Waals surface area contributed by atoms with Crippen molar-refractivity contribution in [3.8, 4) is 0 Å². The smallest absolute Gasteiger partial charge is 0.0456 e. The summed E-state index contributed by atoms with van der Waals surface area (Å²) in [4.78, 5) is 3.30. The van der Waals surface area contributed by atoms with Crippen LogP contribution in [0.4, 0.5) is 0 Å². The molecule has 0 saturated heterocycles. The summed E-state index contributed by atoms with van der Waals surface area (Å²) in [5.41, 5.74) is 8.47. The van der Waals surface area contributed by atoms with Crippen LogP contribution in [-0.4, -0.2) is 11.0 Å². The lowest BCUT2D eigenvalue weighted by molar-refractivity contribution is 0.790. The van der Waals surface area contributed by atoms with Crippen molar-refractivity contribution in [2.24, 2.45) is 11.7 Å². The first-order chi connectivity index (χ1) is 6.84. The zero-order chi connectivity index (χ0) is 9.54. The molecule has 3 rings (SSSR count). The van der Waals surface area contributed by atoms with Crippen molar-refractivity contribution in [3.05, 3.63) is 36.0 Å². The quantitative estimate of drug-likeness (QED) is 0.740. The summed E-state index contributed by atoms with van der Waals surface area (Å²) in [7, 11) is 0. The molecule has 2 aromatic rings. The Bertz CT molecular complexity index is 458. The summed E-state index contributed by atoms with van der Waals surface area (Å²) in [6.45, 7) is 0. The predicted molar refractivity (Wildman–Crippen MR) is 58.1 cm³/mol. The summed E-state index contributed by atoms with van der Waals surface area (Å²) in [5.74, 6) is 0.717. The van der Waals surface area contributed by atoms with Gasteiger partial charge in [-0.3, -0.25) is 0 Å². The van der Waals surface area contributed by atoms with Gasteiger partial charge in [0.1, 0.15) is 0 Å². The number of H-pyrrole nitrogens is 1. The third-order valence-electron chi connectivity index (χ3n) is 3.13. The first-order valence-electron chi connectivity index (χ1n) is 5.15. The minimum absolute atomic E-state index is 0.448. The predicted octanol–water partition coefficient (Wildman–Crippen LogP) is 2.06. The van der Waals surface area contributed by atoms with Gasteiger partial charge in [-0.15, -0.1) is 0 Å². The van der Waals surface area contributed by atoms with Crippen LogP contribution < -0.4 is 5.73 Å². The molecule has 14 heavy (non-hydrogen) atoms. The molecule has 0 radical (unpaired) electrons. The van der Waals surface area contributed by atoms with Gasteiger partial charge in [-0.05, 0) is 30.4 Å². The number of aromatic amines is 1. The lowest BCUT2D eigenvalue weighted by atomic mass is 10.1. The molecule has 1 aliphatic carbocycles. The molecule has 1 saturated carbocycles. The monoisotopic (exact) mass is 186 g/mol. The van der Waals surface area contributed by atoms with E-state index < -0.39 is 0 Å². The van der Waals surface area contributed by atoms with Crippen LogP contribution in [0.5, 0.6) is 0 Å². The molecule has 0 unspecified atom stereocenters. The lowest BCUT2D eigenvalue weighted by Crippen LogP contribution is -2.03. The van der Waals surface area contributed by atoms with Crippen LogP contribution in [0.2, 0.25) is 0 Å². The highest BCUT2D eigenvalue weighted by Gasteiger charge is 2.33. The van der Waals surface area contributed by atoms with Gasteiger partial charge in [-0.25, -0.2) is 0 Å². The number of hydrogen-bond acceptors (Lipinski definition) is 1. The largest absolute Gasteiger partial charge is 0.361 e. The van der Waals surface area contributed by atoms with Crippen molar-refractivity contribution in [2.45, 2.75) is 18.9 Å². The molecule has 1 heterocycles. The molecule has 2 heteroatoms. The normalized spacial score (nSPS) is 25.5. The van der Waals surface area contributed by atoms with Gasteiger partial charge in [-0.1, -0.05) is 18.2 Å². The Hall–Kier alpha value is -1.28. The zero-order valence-electron chi connectivity index (χ0n) is 8.03. The highest BCUT2D eigenvalue weighted by molar-refractivity contribution is 5.83. The molecule has 1 fully saturated rings. The second-order valence-electron chi connectivity index (χ2n) is 4.22. The maximum Gasteiger partial charge on any atom is 0.0456 e. The van der Waals surface area contributed by atoms with E-state index in [2.05, 4.69) is 35.4 Å². The first-order valence-corrected chi connectivity index (χ1v) is 5.15. The number of rotatable bonds is 2. The molecular weight excluding hydrogens is 172 g/mol. The van der Waals surface area contributed by atoms with Crippen LogP contribution in [0.15, 0.2) is 30.5 Å². The number of nitrogens with one attached hydrogen (secondary N) is 1. The zero-order valence-corrected chi connectivity index (χ0v) is 8.03. The fraction of sp³-hybridized carbons (Fsp3) is 0.333. The summed E-state index contributed by atoms with van der Waals surface area (Å²) >= 11 is 0. The van der Waals surface area contributed by atoms with Crippen molar-refractivity contribution in [3.63, 3.8) is 0 Å². The Morgan fingerprint density at radius 3 is 2.93 bits per heavy atom. The molecule has 2 atom stereocenters. The van der Waals surface area contributed by atoms with Gasteiger partial charge in [0.15, 0.2) is 0 Å². The Labute approximate surface area is 83.1 Å². The average Bonchev–Trinajstić information content (AvgIpc) is 2.75. The van der Waals surface area contributed by atoms with Gasteiger partial charge in [0.2, 0.25) is 0 Å². The summed E-state index contributed by atoms with van der Waals surface area (Å²) < 4.78 is 0. The third kappa shape index (κ3) is 1.23. The van der Waals surface area contributed by atoms with E-state index in [1.807, 2.05) is 0 Å². The van der Waals surface area contributed by atoms with Crippen molar-refractivity contribution >= 4 is 10.9 Å². The number of para-hydroxylation sites is 1. The van der Waals surface area contributed by atoms with Crippen molar-refractivity contribution in [1.29, 1.82) is 0 Å². The second kappa shape index (κ2) is 2.85. The third-order valence-corrected chi connectivity index (χ3v) is 3.13. The Kier molecular flexibility index (Phi) is 1.64. The minimum Gasteiger partial charge on any atom is -0.361 e. The van der Waals surface area contributed by atoms with E-state index in [0.29, 0.717) is 12.0 Å². The number of hydrogen-bond donors (Lipinski definition) is 2. The summed E-state index contributed by atoms with van der Waals surface area (Å²) in [6, 6.07) is 8.89. The molecule has 0 aliphatic heterocycles. The Morgan fingerprint density at radius 1 is 1.36 bits per heavy atom. The van der Waals surface area contributed by atoms with Crippen LogP contribution in [0.25, 0.3) is 10.9 Å². The molecule has 0 spiro atoms. The fourth-order valence-electron chi connectivity index (χ4n) is 2.09. The number of aromatic nitrogens is 1. The van der Waals surface area contributed by atoms with Gasteiger partial charge >= 0.3 is 0 Å². The lowest BCUT2D eigenvalue weighted by Gasteiger charge is -1.96. The topological polar surface area (TPSA) is 41.8 Å². The highest BCUT2D eigenvalue weighted by Crippen LogP contribution is 2.33. The van der Waals surface area contributed by atoms with Crippen molar-refractivity contribution in [2.75, 3.05) is 0 Å². The fourth-order valence-corrected chi connectivity index (χ4v) is 2.09. The van der Waals surface area contributed by atoms with Crippen LogP contribution >= 0.6 is 0 Å². The molecule has 1 aliphatic rings. The van der Waals surface area contributed by atoms with E-state index in [1.165, 1.54) is 22.9 Å². The van der Waals surface area contributed by atoms with E-state index in [0.717, 1.165) is 6.42 Å². The maximum atomic E-state index is 5.82. The SMILES string of the molecule is N[C@@H]1C[C@H]1Cc1c[nH]c2ccccc12. The van der Waals surface area contributed by atoms with Gasteiger partial charge < -0.3 is 10.7 Å². The highest BCUT2D eigenvalue weighted by atomic mass is 14.7. The minimum atomic E-state index is 0.448. The summed E-state index contributed by atoms with van der Waals surface area (Å²) in [5, 5.41) is 1.35. The Morgan fingerprint density at radius 2 is 2.14 bits per heavy atom. The molecule has 3 N–H and O–H groups in total. The van der Waals surface area contributed by atoms with E-state index in [1.54, 1.807) is 0 Å². The number of nitrogens with two attached hydrogens (primary N) is 1. The number of fused-ring (bicyclic) bond motifs is 1. The molecule has 1 aromatic heterocycles. The molecule has 1 aromatic carbocycles. The van der Waals surface area contributed by atoms with Crippen molar-refractivity contribution < 1.29 is 0 Å². The van der Waals surface area contributed by atoms with Crippen LogP contribution in [0, 0.1) is 5.92 Å². The van der Waals surface area contributed by atoms with Crippen LogP contribution in [0.3, 0.4) is 0 Å². The molecule has 2 nitrogen and oxygen atoms in total. The van der Waals surface area contributed by atoms with Gasteiger partial charge in [-0.2, -0.15) is 0 Å². The van der Waals surface area contributed by atoms with E-state index in [-0.39, 0.29) is 0 Å². The van der Waals surface area contributed by atoms with E-state index in [4.69, 9.17) is 5.73 Å². The molecule has 72 valence electrons. The van der Waals surface area contributed by atoms with Crippen molar-refractivity contribution in [1.82, 2.24) is 4.98 Å². The van der Waals surface area contributed by atoms with Crippen LogP contribution in [-0.2, 0) is 6.42 Å². The molecular formula is C12H14N2. The molecule has 0 amide bonds. The number of benzene rings is 1. The first kappa shape index (κ1) is 8.06. The van der Waals surface area contributed by atoms with E-state index in [9.17, 15) is 0 Å². The Balaban J connectivity index is 1.96. The van der Waals surface area contributed by atoms with Gasteiger partial charge in [0, 0.05) is 23.1 Å². The van der Waals surface area contributed by atoms with Crippen LogP contribution in [0.1, 0.15) is 12.0 Å². The van der Waals surface area contributed by atoms with E-state index >= 15 is 0 Å². The maximum absolute atomic E-state index is 5.82. The van der Waals surface area contributed by atoms with Gasteiger partial charge in [0.05, 0.1) is 0 Å². The summed E-state index contributed by atoms with van der Waals surface area (Å²) in [6.07, 6.45) is 4.44.